The first-order valence-corrected chi connectivity index (χ1v) is 9.49. The van der Waals surface area contributed by atoms with E-state index in [2.05, 4.69) is 5.32 Å². The van der Waals surface area contributed by atoms with Gasteiger partial charge in [0.05, 0.1) is 6.54 Å². The van der Waals surface area contributed by atoms with Crippen molar-refractivity contribution in [2.45, 2.75) is 57.2 Å². The second-order valence-corrected chi connectivity index (χ2v) is 8.01. The molecular weight excluding hydrogens is 378 g/mol. The van der Waals surface area contributed by atoms with Crippen LogP contribution in [-0.4, -0.2) is 52.4 Å². The second kappa shape index (κ2) is 7.82. The lowest BCUT2D eigenvalue weighted by Crippen LogP contribution is -2.52. The fourth-order valence-corrected chi connectivity index (χ4v) is 4.30. The van der Waals surface area contributed by atoms with Crippen LogP contribution in [-0.2, 0) is 20.9 Å². The molecular formula is C20H25N3O6. The molecule has 0 bridgehead atoms. The predicted octanol–water partition coefficient (Wildman–Crippen LogP) is 0.752. The van der Waals surface area contributed by atoms with Crippen LogP contribution in [0.1, 0.15) is 60.5 Å². The molecule has 0 radical (unpaired) electrons. The molecule has 0 aliphatic carbocycles. The highest BCUT2D eigenvalue weighted by Crippen LogP contribution is 2.46. The van der Waals surface area contributed by atoms with Crippen LogP contribution < -0.4 is 15.8 Å². The number of nitrogens with two attached hydrogens (primary N) is 1. The molecule has 2 atom stereocenters. The zero-order valence-corrected chi connectivity index (χ0v) is 16.4. The molecule has 3 aliphatic heterocycles. The van der Waals surface area contributed by atoms with Crippen LogP contribution in [0.2, 0.25) is 0 Å². The van der Waals surface area contributed by atoms with Gasteiger partial charge >= 0.3 is 0 Å². The minimum Gasteiger partial charge on any atom is -0.487 e. The van der Waals surface area contributed by atoms with Gasteiger partial charge in [-0.25, -0.2) is 0 Å². The maximum absolute atomic E-state index is 12.9. The molecule has 29 heavy (non-hydrogen) atoms. The number of hydrogen-bond acceptors (Lipinski definition) is 6. The smallest absolute Gasteiger partial charge is 0.290 e. The number of hydrogen-bond donors (Lipinski definition) is 3. The molecule has 1 aromatic rings. The van der Waals surface area contributed by atoms with Gasteiger partial charge in [0.25, 0.3) is 12.4 Å². The molecule has 1 aromatic carbocycles. The molecule has 3 heterocycles. The molecule has 0 aromatic heterocycles. The van der Waals surface area contributed by atoms with Crippen LogP contribution in [0.5, 0.6) is 5.75 Å². The Morgan fingerprint density at radius 2 is 2.03 bits per heavy atom. The number of amides is 3. The Balaban J connectivity index is 0.000000755. The summed E-state index contributed by atoms with van der Waals surface area (Å²) in [6.07, 6.45) is 1.41. The number of rotatable bonds is 2. The number of carbonyl (C=O) groups excluding carboxylic acids is 3. The average molecular weight is 403 g/mol. The van der Waals surface area contributed by atoms with Gasteiger partial charge in [-0.05, 0) is 44.9 Å². The van der Waals surface area contributed by atoms with E-state index in [1.165, 1.54) is 0 Å². The summed E-state index contributed by atoms with van der Waals surface area (Å²) in [6.45, 7) is 4.62. The van der Waals surface area contributed by atoms with Crippen LogP contribution in [0.3, 0.4) is 0 Å². The van der Waals surface area contributed by atoms with Crippen molar-refractivity contribution >= 4 is 24.2 Å². The normalized spacial score (nSPS) is 24.5. The van der Waals surface area contributed by atoms with Gasteiger partial charge in [-0.1, -0.05) is 6.07 Å². The van der Waals surface area contributed by atoms with Gasteiger partial charge in [-0.2, -0.15) is 0 Å². The fourth-order valence-electron chi connectivity index (χ4n) is 4.30. The van der Waals surface area contributed by atoms with Crippen LogP contribution in [0.15, 0.2) is 12.1 Å². The maximum atomic E-state index is 12.9. The van der Waals surface area contributed by atoms with Gasteiger partial charge in [0.2, 0.25) is 11.8 Å². The Morgan fingerprint density at radius 1 is 1.34 bits per heavy atom. The van der Waals surface area contributed by atoms with Crippen LogP contribution in [0, 0.1) is 0 Å². The Hall–Kier alpha value is -2.94. The summed E-state index contributed by atoms with van der Waals surface area (Å²) in [5.41, 5.74) is 8.03. The highest BCUT2D eigenvalue weighted by molar-refractivity contribution is 6.05. The molecule has 9 nitrogen and oxygen atoms in total. The molecule has 3 aliphatic rings. The summed E-state index contributed by atoms with van der Waals surface area (Å²) < 4.78 is 6.23. The molecule has 9 heteroatoms. The number of ether oxygens (including phenoxy) is 1. The molecule has 4 N–H and O–H groups in total. The third kappa shape index (κ3) is 3.82. The number of fused-ring (bicyclic) bond motifs is 3. The molecule has 1 fully saturated rings. The molecule has 0 saturated carbocycles. The van der Waals surface area contributed by atoms with Crippen LogP contribution in [0.4, 0.5) is 0 Å². The highest BCUT2D eigenvalue weighted by atomic mass is 16.5. The van der Waals surface area contributed by atoms with Gasteiger partial charge in [-0.3, -0.25) is 24.5 Å². The summed E-state index contributed by atoms with van der Waals surface area (Å²) >= 11 is 0. The van der Waals surface area contributed by atoms with Crippen molar-refractivity contribution in [3.05, 3.63) is 28.8 Å². The molecule has 1 saturated heterocycles. The monoisotopic (exact) mass is 403 g/mol. The third-order valence-corrected chi connectivity index (χ3v) is 5.54. The Morgan fingerprint density at radius 3 is 2.66 bits per heavy atom. The second-order valence-electron chi connectivity index (χ2n) is 8.01. The third-order valence-electron chi connectivity index (χ3n) is 5.54. The zero-order valence-electron chi connectivity index (χ0n) is 16.4. The summed E-state index contributed by atoms with van der Waals surface area (Å²) in [7, 11) is 0. The van der Waals surface area contributed by atoms with E-state index in [4.69, 9.17) is 20.4 Å². The zero-order chi connectivity index (χ0) is 21.3. The molecule has 0 spiro atoms. The lowest BCUT2D eigenvalue weighted by atomic mass is 9.83. The summed E-state index contributed by atoms with van der Waals surface area (Å²) in [5, 5.41) is 9.21. The number of carboxylic acid groups (broad SMARTS) is 1. The van der Waals surface area contributed by atoms with Gasteiger partial charge < -0.3 is 20.5 Å². The lowest BCUT2D eigenvalue weighted by molar-refractivity contribution is -0.137. The van der Waals surface area contributed by atoms with Crippen molar-refractivity contribution in [3.63, 3.8) is 0 Å². The van der Waals surface area contributed by atoms with E-state index >= 15 is 0 Å². The quantitative estimate of drug-likeness (QED) is 0.489. The Kier molecular flexibility index (Phi) is 5.61. The fraction of sp³-hybridized carbons (Fsp3) is 0.500. The van der Waals surface area contributed by atoms with E-state index < -0.39 is 11.9 Å². The van der Waals surface area contributed by atoms with Gasteiger partial charge in [0.15, 0.2) is 0 Å². The van der Waals surface area contributed by atoms with Crippen molar-refractivity contribution in [1.82, 2.24) is 10.2 Å². The van der Waals surface area contributed by atoms with E-state index in [9.17, 15) is 14.4 Å². The SMILES string of the molecule is CC1(C)CC(CN)c2ccc3c(c2O1)CN(C1CCC(=O)NC1=O)C3=O.O=CO. The minimum absolute atomic E-state index is 0.179. The lowest BCUT2D eigenvalue weighted by Gasteiger charge is -2.38. The van der Waals surface area contributed by atoms with E-state index in [1.807, 2.05) is 26.0 Å². The minimum atomic E-state index is -0.620. The van der Waals surface area contributed by atoms with E-state index in [1.54, 1.807) is 4.90 Å². The predicted molar refractivity (Wildman–Crippen MR) is 102 cm³/mol. The van der Waals surface area contributed by atoms with Crippen molar-refractivity contribution < 1.29 is 29.0 Å². The first kappa shape index (κ1) is 20.8. The summed E-state index contributed by atoms with van der Waals surface area (Å²) in [5.74, 6) is 0.0331. The molecule has 4 rings (SSSR count). The Bertz CT molecular complexity index is 866. The molecule has 156 valence electrons. The number of imide groups is 1. The van der Waals surface area contributed by atoms with Crippen molar-refractivity contribution in [3.8, 4) is 5.75 Å². The summed E-state index contributed by atoms with van der Waals surface area (Å²) in [4.78, 5) is 46.4. The van der Waals surface area contributed by atoms with Crippen LogP contribution in [0.25, 0.3) is 0 Å². The first-order valence-electron chi connectivity index (χ1n) is 9.49. The largest absolute Gasteiger partial charge is 0.487 e. The Labute approximate surface area is 168 Å². The number of carbonyl (C=O) groups is 4. The van der Waals surface area contributed by atoms with Gasteiger partial charge in [0.1, 0.15) is 17.4 Å². The number of piperidine rings is 1. The van der Waals surface area contributed by atoms with E-state index in [0.29, 0.717) is 25.1 Å². The van der Waals surface area contributed by atoms with Crippen molar-refractivity contribution in [2.75, 3.05) is 6.54 Å². The van der Waals surface area contributed by atoms with Crippen molar-refractivity contribution in [2.24, 2.45) is 5.73 Å². The number of benzene rings is 1. The number of nitrogens with zero attached hydrogens (tertiary/aromatic N) is 1. The van der Waals surface area contributed by atoms with Crippen molar-refractivity contribution in [1.29, 1.82) is 0 Å². The van der Waals surface area contributed by atoms with E-state index in [-0.39, 0.29) is 36.2 Å². The van der Waals surface area contributed by atoms with Gasteiger partial charge in [0, 0.05) is 23.5 Å². The molecule has 3 amide bonds. The van der Waals surface area contributed by atoms with Crippen LogP contribution >= 0.6 is 0 Å². The first-order chi connectivity index (χ1) is 13.7. The standard InChI is InChI=1S/C19H23N3O4.CH2O2/c1-19(2)7-10(8-20)11-3-4-12-13(16(11)26-19)9-22(18(12)25)14-5-6-15(23)21-17(14)24;2-1-3/h3-4,10,14H,5-9,20H2,1-2H3,(H,21,23,24);1H,(H,2,3). The summed E-state index contributed by atoms with van der Waals surface area (Å²) in [6, 6.07) is 3.12. The van der Waals surface area contributed by atoms with Gasteiger partial charge in [-0.15, -0.1) is 0 Å². The van der Waals surface area contributed by atoms with E-state index in [0.717, 1.165) is 23.3 Å². The topological polar surface area (TPSA) is 139 Å². The molecule has 2 unspecified atom stereocenters. The average Bonchev–Trinajstić information content (AvgIpc) is 2.98. The highest BCUT2D eigenvalue weighted by Gasteiger charge is 2.43. The number of nitrogens with one attached hydrogen (secondary N) is 1. The maximum Gasteiger partial charge on any atom is 0.290 e.